The Morgan fingerprint density at radius 1 is 1.35 bits per heavy atom. The summed E-state index contributed by atoms with van der Waals surface area (Å²) in [5.74, 6) is 0. The molecule has 0 heterocycles. The lowest BCUT2D eigenvalue weighted by atomic mass is 10.0. The summed E-state index contributed by atoms with van der Waals surface area (Å²) in [6, 6.07) is 5.17. The van der Waals surface area contributed by atoms with Crippen LogP contribution in [-0.2, 0) is 10.0 Å². The van der Waals surface area contributed by atoms with E-state index in [-0.39, 0.29) is 11.4 Å². The molecule has 1 aromatic rings. The van der Waals surface area contributed by atoms with Gasteiger partial charge in [-0.05, 0) is 32.8 Å². The summed E-state index contributed by atoms with van der Waals surface area (Å²) >= 11 is 0. The zero-order chi connectivity index (χ0) is 15.4. The van der Waals surface area contributed by atoms with Crippen LogP contribution in [0.2, 0.25) is 0 Å². The van der Waals surface area contributed by atoms with Gasteiger partial charge in [-0.1, -0.05) is 12.1 Å². The molecule has 20 heavy (non-hydrogen) atoms. The normalized spacial score (nSPS) is 12.3. The van der Waals surface area contributed by atoms with E-state index >= 15 is 0 Å². The second-order valence-electron chi connectivity index (χ2n) is 5.04. The van der Waals surface area contributed by atoms with Crippen molar-refractivity contribution in [1.29, 1.82) is 0 Å². The number of nitrogens with zero attached hydrogens (tertiary/aromatic N) is 1. The number of hydrogen-bond donors (Lipinski definition) is 2. The molecule has 0 atom stereocenters. The number of hydrogen-bond acceptors (Lipinski definition) is 5. The van der Waals surface area contributed by atoms with Crippen molar-refractivity contribution in [2.75, 3.05) is 6.54 Å². The zero-order valence-corrected chi connectivity index (χ0v) is 12.2. The van der Waals surface area contributed by atoms with Gasteiger partial charge in [-0.2, -0.15) is 0 Å². The summed E-state index contributed by atoms with van der Waals surface area (Å²) < 4.78 is 26.3. The SMILES string of the molecule is CC(C)(O)CCCNS(=O)(=O)c1ccccc1[N+](=O)[O-]. The molecule has 7 nitrogen and oxygen atoms in total. The van der Waals surface area contributed by atoms with Crippen LogP contribution < -0.4 is 4.72 Å². The van der Waals surface area contributed by atoms with Crippen LogP contribution in [0, 0.1) is 10.1 Å². The van der Waals surface area contributed by atoms with Gasteiger partial charge in [0.15, 0.2) is 4.90 Å². The van der Waals surface area contributed by atoms with Crippen LogP contribution in [0.5, 0.6) is 0 Å². The zero-order valence-electron chi connectivity index (χ0n) is 11.4. The van der Waals surface area contributed by atoms with Crippen molar-refractivity contribution in [3.05, 3.63) is 34.4 Å². The second-order valence-corrected chi connectivity index (χ2v) is 6.77. The van der Waals surface area contributed by atoms with Crippen molar-refractivity contribution < 1.29 is 18.4 Å². The first kappa shape index (κ1) is 16.5. The fourth-order valence-corrected chi connectivity index (χ4v) is 2.88. The number of benzene rings is 1. The fourth-order valence-electron chi connectivity index (χ4n) is 1.64. The topological polar surface area (TPSA) is 110 Å². The van der Waals surface area contributed by atoms with Crippen LogP contribution in [0.1, 0.15) is 26.7 Å². The van der Waals surface area contributed by atoms with Gasteiger partial charge in [-0.3, -0.25) is 10.1 Å². The first-order valence-electron chi connectivity index (χ1n) is 6.09. The summed E-state index contributed by atoms with van der Waals surface area (Å²) in [5, 5.41) is 20.3. The molecule has 0 bridgehead atoms. The third-order valence-corrected chi connectivity index (χ3v) is 4.12. The third kappa shape index (κ3) is 4.87. The highest BCUT2D eigenvalue weighted by molar-refractivity contribution is 7.89. The van der Waals surface area contributed by atoms with E-state index < -0.39 is 26.2 Å². The Morgan fingerprint density at radius 2 is 1.95 bits per heavy atom. The van der Waals surface area contributed by atoms with E-state index in [1.54, 1.807) is 13.8 Å². The van der Waals surface area contributed by atoms with Crippen LogP contribution in [0.25, 0.3) is 0 Å². The molecule has 0 radical (unpaired) electrons. The molecule has 0 fully saturated rings. The maximum Gasteiger partial charge on any atom is 0.289 e. The first-order chi connectivity index (χ1) is 9.13. The van der Waals surface area contributed by atoms with Crippen molar-refractivity contribution in [1.82, 2.24) is 4.72 Å². The van der Waals surface area contributed by atoms with Crippen molar-refractivity contribution in [2.45, 2.75) is 37.2 Å². The van der Waals surface area contributed by atoms with Crippen molar-refractivity contribution in [3.63, 3.8) is 0 Å². The summed E-state index contributed by atoms with van der Waals surface area (Å²) in [6.45, 7) is 3.37. The van der Waals surface area contributed by atoms with Crippen LogP contribution in [0.3, 0.4) is 0 Å². The maximum absolute atomic E-state index is 12.0. The van der Waals surface area contributed by atoms with E-state index in [2.05, 4.69) is 4.72 Å². The minimum absolute atomic E-state index is 0.109. The fraction of sp³-hybridized carbons (Fsp3) is 0.500. The standard InChI is InChI=1S/C12H18N2O5S/c1-12(2,15)8-5-9-13-20(18,19)11-7-4-3-6-10(11)14(16)17/h3-4,6-7,13,15H,5,8-9H2,1-2H3. The number of nitro benzene ring substituents is 1. The number of sulfonamides is 1. The molecule has 0 saturated heterocycles. The van der Waals surface area contributed by atoms with Gasteiger partial charge in [-0.25, -0.2) is 13.1 Å². The van der Waals surface area contributed by atoms with Gasteiger partial charge >= 0.3 is 0 Å². The molecule has 0 saturated carbocycles. The van der Waals surface area contributed by atoms with Gasteiger partial charge < -0.3 is 5.11 Å². The van der Waals surface area contributed by atoms with E-state index in [4.69, 9.17) is 0 Å². The Bertz CT molecular complexity index is 578. The lowest BCUT2D eigenvalue weighted by Gasteiger charge is -2.16. The van der Waals surface area contributed by atoms with Crippen LogP contribution in [0.4, 0.5) is 5.69 Å². The molecular formula is C12H18N2O5S. The minimum Gasteiger partial charge on any atom is -0.390 e. The van der Waals surface area contributed by atoms with E-state index in [1.807, 2.05) is 0 Å². The molecule has 0 aliphatic carbocycles. The monoisotopic (exact) mass is 302 g/mol. The predicted molar refractivity (Wildman–Crippen MR) is 73.8 cm³/mol. The van der Waals surface area contributed by atoms with Crippen molar-refractivity contribution >= 4 is 15.7 Å². The van der Waals surface area contributed by atoms with Crippen LogP contribution >= 0.6 is 0 Å². The first-order valence-corrected chi connectivity index (χ1v) is 7.57. The van der Waals surface area contributed by atoms with Gasteiger partial charge in [-0.15, -0.1) is 0 Å². The smallest absolute Gasteiger partial charge is 0.289 e. The van der Waals surface area contributed by atoms with Gasteiger partial charge in [0.25, 0.3) is 5.69 Å². The molecule has 112 valence electrons. The van der Waals surface area contributed by atoms with Gasteiger partial charge in [0, 0.05) is 12.6 Å². The van der Waals surface area contributed by atoms with E-state index in [0.717, 1.165) is 6.07 Å². The predicted octanol–water partition coefficient (Wildman–Crippen LogP) is 1.42. The quantitative estimate of drug-likeness (QED) is 0.450. The second kappa shape index (κ2) is 6.29. The molecule has 0 spiro atoms. The van der Waals surface area contributed by atoms with Gasteiger partial charge in [0.05, 0.1) is 10.5 Å². The number of aliphatic hydroxyl groups is 1. The molecule has 0 aromatic heterocycles. The average molecular weight is 302 g/mol. The summed E-state index contributed by atoms with van der Waals surface area (Å²) in [5.41, 5.74) is -1.33. The molecule has 0 unspecified atom stereocenters. The molecule has 0 aliphatic rings. The third-order valence-electron chi connectivity index (χ3n) is 2.61. The minimum atomic E-state index is -3.93. The molecule has 2 N–H and O–H groups in total. The maximum atomic E-state index is 12.0. The molecular weight excluding hydrogens is 284 g/mol. The Labute approximate surface area is 117 Å². The van der Waals surface area contributed by atoms with E-state index in [0.29, 0.717) is 12.8 Å². The average Bonchev–Trinajstić information content (AvgIpc) is 2.33. The van der Waals surface area contributed by atoms with Gasteiger partial charge in [0.2, 0.25) is 10.0 Å². The Kier molecular flexibility index (Phi) is 5.21. The van der Waals surface area contributed by atoms with E-state index in [1.165, 1.54) is 18.2 Å². The largest absolute Gasteiger partial charge is 0.390 e. The molecule has 1 aromatic carbocycles. The van der Waals surface area contributed by atoms with Gasteiger partial charge in [0.1, 0.15) is 0 Å². The highest BCUT2D eigenvalue weighted by atomic mass is 32.2. The number of nitro groups is 1. The highest BCUT2D eigenvalue weighted by Crippen LogP contribution is 2.22. The number of para-hydroxylation sites is 1. The Hall–Kier alpha value is -1.51. The van der Waals surface area contributed by atoms with E-state index in [9.17, 15) is 23.6 Å². The molecule has 0 amide bonds. The number of nitrogens with one attached hydrogen (secondary N) is 1. The van der Waals surface area contributed by atoms with Crippen LogP contribution in [-0.4, -0.2) is 30.6 Å². The Balaban J connectivity index is 2.78. The summed E-state index contributed by atoms with van der Waals surface area (Å²) in [6.07, 6.45) is 0.857. The summed E-state index contributed by atoms with van der Waals surface area (Å²) in [7, 11) is -3.93. The molecule has 8 heteroatoms. The Morgan fingerprint density at radius 3 is 2.50 bits per heavy atom. The highest BCUT2D eigenvalue weighted by Gasteiger charge is 2.24. The molecule has 1 rings (SSSR count). The lowest BCUT2D eigenvalue weighted by Crippen LogP contribution is -2.27. The lowest BCUT2D eigenvalue weighted by molar-refractivity contribution is -0.387. The molecule has 0 aliphatic heterocycles. The summed E-state index contributed by atoms with van der Waals surface area (Å²) in [4.78, 5) is 9.73. The van der Waals surface area contributed by atoms with Crippen LogP contribution in [0.15, 0.2) is 29.2 Å². The van der Waals surface area contributed by atoms with Crippen molar-refractivity contribution in [3.8, 4) is 0 Å². The number of rotatable bonds is 7. The van der Waals surface area contributed by atoms with Crippen molar-refractivity contribution in [2.24, 2.45) is 0 Å².